The molecule has 2 heterocycles. The Morgan fingerprint density at radius 3 is 2.48 bits per heavy atom. The molecule has 5 heteroatoms. The molecule has 1 aromatic heterocycles. The number of carbonyl (C=O) groups excluding carboxylic acids is 1. The van der Waals surface area contributed by atoms with Crippen molar-refractivity contribution < 1.29 is 4.79 Å². The summed E-state index contributed by atoms with van der Waals surface area (Å²) in [7, 11) is 0. The zero-order valence-corrected chi connectivity index (χ0v) is 17.6. The highest BCUT2D eigenvalue weighted by Crippen LogP contribution is 2.35. The summed E-state index contributed by atoms with van der Waals surface area (Å²) in [5, 5.41) is 8.41. The molecule has 3 aromatic rings. The summed E-state index contributed by atoms with van der Waals surface area (Å²) < 4.78 is 2.05. The lowest BCUT2D eigenvalue weighted by atomic mass is 10.0. The zero-order valence-electron chi connectivity index (χ0n) is 17.6. The first-order chi connectivity index (χ1) is 14.0. The molecule has 1 amide bonds. The normalized spacial score (nSPS) is 15.9. The van der Waals surface area contributed by atoms with E-state index < -0.39 is 0 Å². The molecule has 1 aliphatic heterocycles. The minimum Gasteiger partial charge on any atom is -0.361 e. The molecule has 2 aromatic carbocycles. The summed E-state index contributed by atoms with van der Waals surface area (Å²) >= 11 is 0. The van der Waals surface area contributed by atoms with Crippen molar-refractivity contribution in [1.29, 1.82) is 0 Å². The lowest BCUT2D eigenvalue weighted by Crippen LogP contribution is -2.43. The van der Waals surface area contributed by atoms with Crippen molar-refractivity contribution in [3.63, 3.8) is 0 Å². The number of para-hydroxylation sites is 1. The molecule has 0 saturated heterocycles. The highest BCUT2D eigenvalue weighted by Gasteiger charge is 2.35. The number of hydrogen-bond donors (Lipinski definition) is 1. The van der Waals surface area contributed by atoms with E-state index in [4.69, 9.17) is 5.10 Å². The lowest BCUT2D eigenvalue weighted by molar-refractivity contribution is 0.0682. The van der Waals surface area contributed by atoms with Crippen LogP contribution in [-0.4, -0.2) is 27.1 Å². The number of aromatic nitrogens is 2. The second kappa shape index (κ2) is 7.74. The SMILES string of the molecule is CCCN1C(=O)c2ccccc2N[C@@H]1c1c(C)nn(Cc2ccc(C)cc2)c1C. The van der Waals surface area contributed by atoms with Crippen LogP contribution in [0.4, 0.5) is 5.69 Å². The van der Waals surface area contributed by atoms with Gasteiger partial charge in [-0.1, -0.05) is 48.9 Å². The molecule has 150 valence electrons. The fourth-order valence-corrected chi connectivity index (χ4v) is 4.12. The third-order valence-corrected chi connectivity index (χ3v) is 5.65. The smallest absolute Gasteiger partial charge is 0.257 e. The molecule has 5 nitrogen and oxygen atoms in total. The molecule has 4 rings (SSSR count). The number of nitrogens with zero attached hydrogens (tertiary/aromatic N) is 3. The number of nitrogens with one attached hydrogen (secondary N) is 1. The second-order valence-corrected chi connectivity index (χ2v) is 7.82. The highest BCUT2D eigenvalue weighted by atomic mass is 16.2. The van der Waals surface area contributed by atoms with E-state index in [2.05, 4.69) is 50.4 Å². The molecule has 0 aliphatic carbocycles. The zero-order chi connectivity index (χ0) is 20.5. The molecule has 0 fully saturated rings. The van der Waals surface area contributed by atoms with Crippen molar-refractivity contribution in [2.75, 3.05) is 11.9 Å². The van der Waals surface area contributed by atoms with Crippen LogP contribution >= 0.6 is 0 Å². The van der Waals surface area contributed by atoms with Gasteiger partial charge in [0.1, 0.15) is 6.17 Å². The van der Waals surface area contributed by atoms with Gasteiger partial charge in [0.25, 0.3) is 5.91 Å². The Morgan fingerprint density at radius 1 is 1.03 bits per heavy atom. The number of fused-ring (bicyclic) bond motifs is 1. The van der Waals surface area contributed by atoms with E-state index in [-0.39, 0.29) is 12.1 Å². The molecule has 1 N–H and O–H groups in total. The van der Waals surface area contributed by atoms with E-state index in [9.17, 15) is 4.79 Å². The van der Waals surface area contributed by atoms with Gasteiger partial charge in [-0.05, 0) is 44.9 Å². The average Bonchev–Trinajstić information content (AvgIpc) is 2.99. The maximum absolute atomic E-state index is 13.2. The fraction of sp³-hybridized carbons (Fsp3) is 0.333. The number of benzene rings is 2. The number of rotatable bonds is 5. The van der Waals surface area contributed by atoms with Crippen molar-refractivity contribution in [3.8, 4) is 0 Å². The molecule has 0 saturated carbocycles. The van der Waals surface area contributed by atoms with Gasteiger partial charge in [0.15, 0.2) is 0 Å². The van der Waals surface area contributed by atoms with Gasteiger partial charge in [-0.15, -0.1) is 0 Å². The van der Waals surface area contributed by atoms with E-state index in [0.717, 1.165) is 41.2 Å². The Hall–Kier alpha value is -3.08. The lowest BCUT2D eigenvalue weighted by Gasteiger charge is -2.38. The maximum Gasteiger partial charge on any atom is 0.257 e. The van der Waals surface area contributed by atoms with Crippen LogP contribution in [0.5, 0.6) is 0 Å². The standard InChI is InChI=1S/C24H28N4O/c1-5-14-27-23(25-21-9-7-6-8-20(21)24(27)29)22-17(3)26-28(18(22)4)15-19-12-10-16(2)11-13-19/h6-13,23,25H,5,14-15H2,1-4H3/t23-/m0/s1. The molecular weight excluding hydrogens is 360 g/mol. The molecule has 0 bridgehead atoms. The van der Waals surface area contributed by atoms with Crippen LogP contribution in [0.25, 0.3) is 0 Å². The van der Waals surface area contributed by atoms with Gasteiger partial charge in [0.2, 0.25) is 0 Å². The van der Waals surface area contributed by atoms with Crippen LogP contribution in [0, 0.1) is 20.8 Å². The molecule has 29 heavy (non-hydrogen) atoms. The van der Waals surface area contributed by atoms with Gasteiger partial charge in [-0.25, -0.2) is 0 Å². The molecular formula is C24H28N4O. The topological polar surface area (TPSA) is 50.2 Å². The van der Waals surface area contributed by atoms with E-state index in [1.54, 1.807) is 0 Å². The second-order valence-electron chi connectivity index (χ2n) is 7.82. The van der Waals surface area contributed by atoms with Gasteiger partial charge in [-0.2, -0.15) is 5.10 Å². The van der Waals surface area contributed by atoms with Crippen LogP contribution < -0.4 is 5.32 Å². The quantitative estimate of drug-likeness (QED) is 0.681. The Kier molecular flexibility index (Phi) is 5.14. The third kappa shape index (κ3) is 3.53. The first kappa shape index (κ1) is 19.2. The first-order valence-corrected chi connectivity index (χ1v) is 10.3. The Labute approximate surface area is 172 Å². The summed E-state index contributed by atoms with van der Waals surface area (Å²) in [5.74, 6) is 0.0799. The maximum atomic E-state index is 13.2. The number of anilines is 1. The largest absolute Gasteiger partial charge is 0.361 e. The molecule has 0 spiro atoms. The number of amides is 1. The van der Waals surface area contributed by atoms with Crippen molar-refractivity contribution in [1.82, 2.24) is 14.7 Å². The van der Waals surface area contributed by atoms with Crippen LogP contribution in [-0.2, 0) is 6.54 Å². The van der Waals surface area contributed by atoms with Gasteiger partial charge < -0.3 is 10.2 Å². The number of hydrogen-bond acceptors (Lipinski definition) is 3. The van der Waals surface area contributed by atoms with Gasteiger partial charge in [-0.3, -0.25) is 9.48 Å². The Balaban J connectivity index is 1.72. The van der Waals surface area contributed by atoms with Gasteiger partial charge >= 0.3 is 0 Å². The first-order valence-electron chi connectivity index (χ1n) is 10.3. The number of aryl methyl sites for hydroxylation is 2. The monoisotopic (exact) mass is 388 g/mol. The van der Waals surface area contributed by atoms with Gasteiger partial charge in [0.05, 0.1) is 17.8 Å². The van der Waals surface area contributed by atoms with Crippen LogP contribution in [0.3, 0.4) is 0 Å². The van der Waals surface area contributed by atoms with E-state index in [0.29, 0.717) is 6.54 Å². The van der Waals surface area contributed by atoms with Crippen LogP contribution in [0.15, 0.2) is 48.5 Å². The highest BCUT2D eigenvalue weighted by molar-refractivity contribution is 6.01. The minimum absolute atomic E-state index is 0.0799. The predicted molar refractivity (Wildman–Crippen MR) is 116 cm³/mol. The minimum atomic E-state index is -0.205. The van der Waals surface area contributed by atoms with Crippen molar-refractivity contribution in [2.24, 2.45) is 0 Å². The Bertz CT molecular complexity index is 1040. The van der Waals surface area contributed by atoms with E-state index in [1.165, 1.54) is 11.1 Å². The molecule has 0 radical (unpaired) electrons. The van der Waals surface area contributed by atoms with Crippen molar-refractivity contribution in [2.45, 2.75) is 46.8 Å². The molecule has 0 unspecified atom stereocenters. The summed E-state index contributed by atoms with van der Waals surface area (Å²) in [4.78, 5) is 15.1. The molecule has 1 aliphatic rings. The summed E-state index contributed by atoms with van der Waals surface area (Å²) in [6.45, 7) is 9.75. The number of carbonyl (C=O) groups is 1. The summed E-state index contributed by atoms with van der Waals surface area (Å²) in [6.07, 6.45) is 0.700. The molecule has 1 atom stereocenters. The average molecular weight is 389 g/mol. The van der Waals surface area contributed by atoms with E-state index >= 15 is 0 Å². The summed E-state index contributed by atoms with van der Waals surface area (Å²) in [6, 6.07) is 16.3. The van der Waals surface area contributed by atoms with Crippen molar-refractivity contribution in [3.05, 3.63) is 82.2 Å². The predicted octanol–water partition coefficient (Wildman–Crippen LogP) is 4.83. The van der Waals surface area contributed by atoms with Gasteiger partial charge in [0, 0.05) is 23.5 Å². The van der Waals surface area contributed by atoms with Crippen LogP contribution in [0.2, 0.25) is 0 Å². The summed E-state index contributed by atoms with van der Waals surface area (Å²) in [5.41, 5.74) is 7.24. The third-order valence-electron chi connectivity index (χ3n) is 5.65. The van der Waals surface area contributed by atoms with Crippen LogP contribution in [0.1, 0.15) is 57.9 Å². The fourth-order valence-electron chi connectivity index (χ4n) is 4.12. The Morgan fingerprint density at radius 2 is 1.76 bits per heavy atom. The van der Waals surface area contributed by atoms with Crippen molar-refractivity contribution >= 4 is 11.6 Å². The van der Waals surface area contributed by atoms with E-state index in [1.807, 2.05) is 40.8 Å².